The third-order valence-corrected chi connectivity index (χ3v) is 5.12. The molecule has 0 N–H and O–H groups in total. The summed E-state index contributed by atoms with van der Waals surface area (Å²) in [7, 11) is 1.18. The van der Waals surface area contributed by atoms with Crippen molar-refractivity contribution in [3.63, 3.8) is 0 Å². The van der Waals surface area contributed by atoms with Crippen LogP contribution in [0.25, 0.3) is 0 Å². The van der Waals surface area contributed by atoms with Crippen molar-refractivity contribution in [1.29, 1.82) is 0 Å². The maximum atomic E-state index is 13.9. The van der Waals surface area contributed by atoms with Crippen LogP contribution in [0.1, 0.15) is 12.5 Å². The minimum absolute atomic E-state index is 0.0334. The van der Waals surface area contributed by atoms with Gasteiger partial charge in [0.1, 0.15) is 10.7 Å². The number of nitrogens with zero attached hydrogens (tertiary/aromatic N) is 2. The van der Waals surface area contributed by atoms with Gasteiger partial charge in [-0.1, -0.05) is 34.1 Å². The molecule has 0 aliphatic carbocycles. The lowest BCUT2D eigenvalue weighted by atomic mass is 9.80. The fourth-order valence-electron chi connectivity index (χ4n) is 2.53. The van der Waals surface area contributed by atoms with Gasteiger partial charge in [-0.3, -0.25) is 5.01 Å². The van der Waals surface area contributed by atoms with Gasteiger partial charge in [0.25, 0.3) is 0 Å². The molecule has 2 unspecified atom stereocenters. The Morgan fingerprint density at radius 3 is 2.33 bits per heavy atom. The molecule has 1 aliphatic rings. The fraction of sp³-hybridized carbons (Fsp3) is 0.462. The summed E-state index contributed by atoms with van der Waals surface area (Å²) in [5, 5.41) is 4.17. The van der Waals surface area contributed by atoms with Gasteiger partial charge in [-0.05, 0) is 13.0 Å². The average molecular weight is 388 g/mol. The molecule has 1 aliphatic heterocycles. The molecule has 1 aromatic carbocycles. The summed E-state index contributed by atoms with van der Waals surface area (Å²) in [6, 6.07) is 5.50. The third kappa shape index (κ3) is 2.16. The van der Waals surface area contributed by atoms with E-state index in [9.17, 15) is 17.6 Å². The molecule has 1 aromatic rings. The molecule has 0 aromatic heterocycles. The summed E-state index contributed by atoms with van der Waals surface area (Å²) in [5.74, 6) is -0.663. The van der Waals surface area contributed by atoms with Gasteiger partial charge >= 0.3 is 6.18 Å². The number of benzene rings is 1. The molecule has 116 valence electrons. The van der Waals surface area contributed by atoms with Crippen LogP contribution in [-0.2, 0) is 0 Å². The van der Waals surface area contributed by atoms with Crippen molar-refractivity contribution in [3.05, 3.63) is 35.6 Å². The summed E-state index contributed by atoms with van der Waals surface area (Å²) in [6.07, 6.45) is -4.65. The summed E-state index contributed by atoms with van der Waals surface area (Å²) < 4.78 is 54.8. The second-order valence-electron chi connectivity index (χ2n) is 4.95. The van der Waals surface area contributed by atoms with Crippen LogP contribution in [0.5, 0.6) is 0 Å². The van der Waals surface area contributed by atoms with Crippen molar-refractivity contribution in [1.82, 2.24) is 5.01 Å². The van der Waals surface area contributed by atoms with Gasteiger partial charge in [-0.15, -0.1) is 11.6 Å². The molecule has 0 radical (unpaired) electrons. The largest absolute Gasteiger partial charge is 0.416 e. The van der Waals surface area contributed by atoms with Crippen LogP contribution in [0.4, 0.5) is 17.6 Å². The van der Waals surface area contributed by atoms with Crippen LogP contribution in [0.2, 0.25) is 0 Å². The van der Waals surface area contributed by atoms with Gasteiger partial charge in [0.15, 0.2) is 5.54 Å². The molecular formula is C13H12BrClF4N2. The highest BCUT2D eigenvalue weighted by atomic mass is 79.9. The number of rotatable bonds is 2. The molecule has 0 spiro atoms. The zero-order valence-electron chi connectivity index (χ0n) is 11.2. The highest BCUT2D eigenvalue weighted by Gasteiger charge is 2.71. The van der Waals surface area contributed by atoms with E-state index in [1.165, 1.54) is 32.2 Å². The number of hydrogen-bond acceptors (Lipinski definition) is 2. The molecule has 2 atom stereocenters. The summed E-state index contributed by atoms with van der Waals surface area (Å²) in [5.41, 5.74) is -2.63. The Balaban J connectivity index is 2.64. The van der Waals surface area contributed by atoms with E-state index in [0.29, 0.717) is 0 Å². The first-order valence-electron chi connectivity index (χ1n) is 5.99. The Morgan fingerprint density at radius 1 is 1.33 bits per heavy atom. The minimum Gasteiger partial charge on any atom is -0.281 e. The highest BCUT2D eigenvalue weighted by molar-refractivity contribution is 9.09. The topological polar surface area (TPSA) is 15.6 Å². The van der Waals surface area contributed by atoms with Gasteiger partial charge in [0, 0.05) is 17.9 Å². The van der Waals surface area contributed by atoms with E-state index < -0.39 is 27.7 Å². The fourth-order valence-corrected chi connectivity index (χ4v) is 4.37. The average Bonchev–Trinajstić information content (AvgIpc) is 2.56. The van der Waals surface area contributed by atoms with Gasteiger partial charge in [0.05, 0.1) is 5.71 Å². The number of halogens is 6. The molecule has 2 rings (SSSR count). The first-order chi connectivity index (χ1) is 9.59. The molecule has 0 fully saturated rings. The quantitative estimate of drug-likeness (QED) is 0.549. The second kappa shape index (κ2) is 5.12. The first-order valence-corrected chi connectivity index (χ1v) is 7.49. The van der Waals surface area contributed by atoms with Crippen LogP contribution < -0.4 is 0 Å². The van der Waals surface area contributed by atoms with Crippen LogP contribution in [0.3, 0.4) is 0 Å². The monoisotopic (exact) mass is 386 g/mol. The molecule has 0 saturated heterocycles. The summed E-state index contributed by atoms with van der Waals surface area (Å²) in [6.45, 7) is 1.21. The van der Waals surface area contributed by atoms with Crippen molar-refractivity contribution in [2.24, 2.45) is 5.10 Å². The first kappa shape index (κ1) is 16.5. The van der Waals surface area contributed by atoms with Gasteiger partial charge in [-0.25, -0.2) is 4.39 Å². The van der Waals surface area contributed by atoms with E-state index in [2.05, 4.69) is 21.0 Å². The molecule has 0 amide bonds. The van der Waals surface area contributed by atoms with Crippen molar-refractivity contribution >= 4 is 33.2 Å². The number of alkyl halides is 5. The lowest BCUT2D eigenvalue weighted by Gasteiger charge is -2.43. The lowest BCUT2D eigenvalue weighted by molar-refractivity contribution is -0.220. The molecule has 2 nitrogen and oxygen atoms in total. The van der Waals surface area contributed by atoms with E-state index in [1.807, 2.05) is 0 Å². The predicted octanol–water partition coefficient (Wildman–Crippen LogP) is 4.17. The molecule has 21 heavy (non-hydrogen) atoms. The lowest BCUT2D eigenvalue weighted by Crippen LogP contribution is -2.66. The number of hydrogen-bond donors (Lipinski definition) is 0. The predicted molar refractivity (Wildman–Crippen MR) is 77.5 cm³/mol. The zero-order chi connectivity index (χ0) is 16.1. The molecule has 0 bridgehead atoms. The minimum atomic E-state index is -4.65. The van der Waals surface area contributed by atoms with Gasteiger partial charge in [-0.2, -0.15) is 18.3 Å². The van der Waals surface area contributed by atoms with E-state index in [-0.39, 0.29) is 11.3 Å². The standard InChI is InChI=1S/C13H12BrClF4N2/c1-11(15)10(8-5-3-4-6-9(8)16)20-21(2)12(11,7-14)13(17,18)19/h3-6H,7H2,1-2H3. The van der Waals surface area contributed by atoms with Crippen LogP contribution in [-0.4, -0.2) is 39.7 Å². The zero-order valence-corrected chi connectivity index (χ0v) is 13.5. The van der Waals surface area contributed by atoms with Crippen molar-refractivity contribution in [3.8, 4) is 0 Å². The van der Waals surface area contributed by atoms with Crippen LogP contribution in [0.15, 0.2) is 29.4 Å². The summed E-state index contributed by atoms with van der Waals surface area (Å²) in [4.78, 5) is -1.94. The van der Waals surface area contributed by atoms with Crippen LogP contribution in [0, 0.1) is 5.82 Å². The van der Waals surface area contributed by atoms with Gasteiger partial charge < -0.3 is 0 Å². The van der Waals surface area contributed by atoms with Crippen molar-refractivity contribution in [2.45, 2.75) is 23.5 Å². The highest BCUT2D eigenvalue weighted by Crippen LogP contribution is 2.52. The molecule has 0 saturated carbocycles. The third-order valence-electron chi connectivity index (χ3n) is 3.82. The number of hydrazone groups is 1. The second-order valence-corrected chi connectivity index (χ2v) is 6.26. The van der Waals surface area contributed by atoms with Crippen molar-refractivity contribution < 1.29 is 17.6 Å². The van der Waals surface area contributed by atoms with E-state index in [1.54, 1.807) is 0 Å². The Hall–Kier alpha value is -0.820. The normalized spacial score (nSPS) is 29.7. The SMILES string of the molecule is CN1N=C(c2ccccc2F)C(C)(Cl)C1(CBr)C(F)(F)F. The Morgan fingerprint density at radius 2 is 1.90 bits per heavy atom. The van der Waals surface area contributed by atoms with Crippen LogP contribution >= 0.6 is 27.5 Å². The Kier molecular flexibility index (Phi) is 4.04. The molecular weight excluding hydrogens is 376 g/mol. The molecule has 8 heteroatoms. The Bertz CT molecular complexity index is 588. The smallest absolute Gasteiger partial charge is 0.281 e. The van der Waals surface area contributed by atoms with Gasteiger partial charge in [0.2, 0.25) is 0 Å². The maximum Gasteiger partial charge on any atom is 0.416 e. The van der Waals surface area contributed by atoms with E-state index >= 15 is 0 Å². The maximum absolute atomic E-state index is 13.9. The summed E-state index contributed by atoms with van der Waals surface area (Å²) >= 11 is 9.14. The van der Waals surface area contributed by atoms with E-state index in [0.717, 1.165) is 11.1 Å². The Labute approximate surface area is 132 Å². The molecule has 1 heterocycles. The van der Waals surface area contributed by atoms with E-state index in [4.69, 9.17) is 11.6 Å². The van der Waals surface area contributed by atoms with Crippen molar-refractivity contribution in [2.75, 3.05) is 12.4 Å².